The average molecular weight is 474 g/mol. The quantitative estimate of drug-likeness (QED) is 0.428. The van der Waals surface area contributed by atoms with E-state index in [0.717, 1.165) is 5.56 Å². The van der Waals surface area contributed by atoms with Gasteiger partial charge in [0, 0.05) is 34.8 Å². The number of anilines is 1. The minimum atomic E-state index is -1.04. The van der Waals surface area contributed by atoms with E-state index in [1.165, 1.54) is 16.7 Å². The van der Waals surface area contributed by atoms with Crippen LogP contribution in [-0.2, 0) is 0 Å². The van der Waals surface area contributed by atoms with Crippen molar-refractivity contribution in [1.29, 1.82) is 5.26 Å². The Bertz CT molecular complexity index is 1560. The van der Waals surface area contributed by atoms with Gasteiger partial charge in [-0.05, 0) is 50.6 Å². The number of nitriles is 1. The Balaban J connectivity index is 1.90. The highest BCUT2D eigenvalue weighted by molar-refractivity contribution is 6.31. The van der Waals surface area contributed by atoms with E-state index in [9.17, 15) is 14.7 Å². The molecule has 0 spiro atoms. The van der Waals surface area contributed by atoms with Crippen molar-refractivity contribution in [3.05, 3.63) is 92.1 Å². The number of aromatic carboxylic acids is 1. The van der Waals surface area contributed by atoms with Crippen molar-refractivity contribution < 1.29 is 9.90 Å². The van der Waals surface area contributed by atoms with Crippen molar-refractivity contribution in [2.45, 2.75) is 26.8 Å². The molecule has 1 atom stereocenters. The monoisotopic (exact) mass is 473 g/mol. The molecule has 1 aromatic carbocycles. The zero-order valence-electron chi connectivity index (χ0n) is 18.6. The topological polar surface area (TPSA) is 120 Å². The maximum atomic E-state index is 13.3. The molecule has 4 aromatic rings. The molecule has 8 nitrogen and oxygen atoms in total. The van der Waals surface area contributed by atoms with E-state index < -0.39 is 5.97 Å². The minimum Gasteiger partial charge on any atom is -0.478 e. The normalized spacial score (nSPS) is 11.7. The number of nitrogens with zero attached hydrogens (tertiary/aromatic N) is 4. The molecule has 0 amide bonds. The van der Waals surface area contributed by atoms with Crippen LogP contribution in [-0.4, -0.2) is 25.4 Å². The van der Waals surface area contributed by atoms with Gasteiger partial charge in [-0.25, -0.2) is 14.8 Å². The van der Waals surface area contributed by atoms with Gasteiger partial charge >= 0.3 is 5.97 Å². The van der Waals surface area contributed by atoms with E-state index in [-0.39, 0.29) is 27.9 Å². The second-order valence-corrected chi connectivity index (χ2v) is 8.35. The number of hydrogen-bond acceptors (Lipinski definition) is 6. The molecule has 0 aliphatic heterocycles. The Kier molecular flexibility index (Phi) is 6.05. The van der Waals surface area contributed by atoms with Gasteiger partial charge in [0.1, 0.15) is 11.7 Å². The van der Waals surface area contributed by atoms with Crippen LogP contribution in [0.5, 0.6) is 0 Å². The predicted octanol–water partition coefficient (Wildman–Crippen LogP) is 4.77. The van der Waals surface area contributed by atoms with E-state index in [4.69, 9.17) is 21.8 Å². The van der Waals surface area contributed by atoms with E-state index in [0.29, 0.717) is 33.7 Å². The summed E-state index contributed by atoms with van der Waals surface area (Å²) < 4.78 is 1.49. The highest BCUT2D eigenvalue weighted by atomic mass is 35.5. The lowest BCUT2D eigenvalue weighted by Crippen LogP contribution is -2.22. The third-order valence-electron chi connectivity index (χ3n) is 5.53. The lowest BCUT2D eigenvalue weighted by atomic mass is 10.0. The molecule has 3 aromatic heterocycles. The number of carboxylic acid groups (broad SMARTS) is 1. The summed E-state index contributed by atoms with van der Waals surface area (Å²) in [5, 5.41) is 22.0. The first kappa shape index (κ1) is 23.0. The van der Waals surface area contributed by atoms with Crippen LogP contribution >= 0.6 is 11.6 Å². The molecule has 0 fully saturated rings. The molecule has 0 aliphatic carbocycles. The first-order valence-corrected chi connectivity index (χ1v) is 10.8. The van der Waals surface area contributed by atoms with E-state index in [1.54, 1.807) is 37.4 Å². The summed E-state index contributed by atoms with van der Waals surface area (Å²) >= 11 is 6.17. The highest BCUT2D eigenvalue weighted by Gasteiger charge is 2.19. The zero-order chi connectivity index (χ0) is 24.6. The van der Waals surface area contributed by atoms with Crippen LogP contribution in [0, 0.1) is 25.2 Å². The van der Waals surface area contributed by atoms with Crippen molar-refractivity contribution in [1.82, 2.24) is 14.4 Å². The number of hydrogen-bond donors (Lipinski definition) is 2. The zero-order valence-corrected chi connectivity index (χ0v) is 19.4. The number of rotatable bonds is 5. The number of fused-ring (bicyclic) bond motifs is 1. The van der Waals surface area contributed by atoms with Gasteiger partial charge in [0.15, 0.2) is 5.69 Å². The predicted molar refractivity (Wildman–Crippen MR) is 129 cm³/mol. The third-order valence-corrected chi connectivity index (χ3v) is 5.82. The molecular formula is C25H20ClN5O3. The lowest BCUT2D eigenvalue weighted by molar-refractivity contribution is 0.0698. The molecule has 9 heteroatoms. The molecule has 2 N–H and O–H groups in total. The molecule has 3 heterocycles. The van der Waals surface area contributed by atoms with Gasteiger partial charge in [-0.3, -0.25) is 9.20 Å². The molecule has 0 bridgehead atoms. The fourth-order valence-electron chi connectivity index (χ4n) is 3.85. The van der Waals surface area contributed by atoms with Crippen LogP contribution in [0.2, 0.25) is 5.02 Å². The summed E-state index contributed by atoms with van der Waals surface area (Å²) in [5.41, 5.74) is 3.77. The maximum Gasteiger partial charge on any atom is 0.337 e. The van der Waals surface area contributed by atoms with Crippen LogP contribution in [0.3, 0.4) is 0 Å². The Morgan fingerprint density at radius 2 is 2.00 bits per heavy atom. The molecular weight excluding hydrogens is 454 g/mol. The second-order valence-electron chi connectivity index (χ2n) is 7.94. The Hall–Kier alpha value is -4.22. The summed E-state index contributed by atoms with van der Waals surface area (Å²) in [6.07, 6.45) is 3.18. The number of pyridine rings is 2. The first-order chi connectivity index (χ1) is 16.2. The number of nitrogens with one attached hydrogen (secondary N) is 1. The molecule has 0 aliphatic rings. The van der Waals surface area contributed by atoms with Gasteiger partial charge in [-0.15, -0.1) is 0 Å². The fourth-order valence-corrected chi connectivity index (χ4v) is 4.06. The summed E-state index contributed by atoms with van der Waals surface area (Å²) in [6.45, 7) is 5.43. The van der Waals surface area contributed by atoms with Gasteiger partial charge in [-0.2, -0.15) is 5.26 Å². The Morgan fingerprint density at radius 1 is 1.26 bits per heavy atom. The minimum absolute atomic E-state index is 0.0896. The largest absolute Gasteiger partial charge is 0.478 e. The van der Waals surface area contributed by atoms with Gasteiger partial charge in [0.05, 0.1) is 22.3 Å². The number of halogens is 1. The molecule has 0 saturated carbocycles. The first-order valence-electron chi connectivity index (χ1n) is 10.4. The summed E-state index contributed by atoms with van der Waals surface area (Å²) in [5.74, 6) is -1.04. The van der Waals surface area contributed by atoms with Crippen LogP contribution < -0.4 is 10.9 Å². The number of aryl methyl sites for hydroxylation is 1. The van der Waals surface area contributed by atoms with E-state index in [2.05, 4.69) is 10.3 Å². The van der Waals surface area contributed by atoms with Gasteiger partial charge < -0.3 is 10.4 Å². The van der Waals surface area contributed by atoms with Gasteiger partial charge in [0.2, 0.25) is 0 Å². The van der Waals surface area contributed by atoms with Crippen molar-refractivity contribution in [2.24, 2.45) is 0 Å². The fraction of sp³-hybridized carbons (Fsp3) is 0.160. The molecule has 4 rings (SSSR count). The SMILES string of the molecule is Cc1cc(C(C)Nc2ccccc2C(=O)O)c2nc(-c3cnc(C#N)c(Cl)c3)c(C)c(=O)n2c1. The number of carbonyl (C=O) groups is 1. The Labute approximate surface area is 200 Å². The molecule has 34 heavy (non-hydrogen) atoms. The van der Waals surface area contributed by atoms with Crippen molar-refractivity contribution in [2.75, 3.05) is 5.32 Å². The molecule has 1 unspecified atom stereocenters. The number of aromatic nitrogens is 3. The van der Waals surface area contributed by atoms with Gasteiger partial charge in [-0.1, -0.05) is 23.7 Å². The number of carboxylic acids is 1. The molecule has 0 saturated heterocycles. The lowest BCUT2D eigenvalue weighted by Gasteiger charge is -2.20. The van der Waals surface area contributed by atoms with Gasteiger partial charge in [0.25, 0.3) is 5.56 Å². The average Bonchev–Trinajstić information content (AvgIpc) is 2.81. The van der Waals surface area contributed by atoms with Crippen molar-refractivity contribution in [3.8, 4) is 17.3 Å². The highest BCUT2D eigenvalue weighted by Crippen LogP contribution is 2.28. The van der Waals surface area contributed by atoms with E-state index in [1.807, 2.05) is 26.0 Å². The number of benzene rings is 1. The maximum absolute atomic E-state index is 13.3. The smallest absolute Gasteiger partial charge is 0.337 e. The van der Waals surface area contributed by atoms with E-state index >= 15 is 0 Å². The standard InChI is InChI=1S/C25H20ClN5O3/c1-13-8-18(15(3)29-20-7-5-4-6-17(20)25(33)34)23-30-22(14(2)24(32)31(23)12-13)16-9-19(26)21(10-27)28-11-16/h4-9,11-12,15,29H,1-3H3,(H,33,34). The van der Waals surface area contributed by atoms with Crippen molar-refractivity contribution in [3.63, 3.8) is 0 Å². The van der Waals surface area contributed by atoms with Crippen LogP contribution in [0.4, 0.5) is 5.69 Å². The van der Waals surface area contributed by atoms with Crippen LogP contribution in [0.1, 0.15) is 45.7 Å². The summed E-state index contributed by atoms with van der Waals surface area (Å²) in [7, 11) is 0. The third kappa shape index (κ3) is 4.09. The Morgan fingerprint density at radius 3 is 2.68 bits per heavy atom. The summed E-state index contributed by atoms with van der Waals surface area (Å²) in [4.78, 5) is 33.8. The second kappa shape index (κ2) is 8.96. The summed E-state index contributed by atoms with van der Waals surface area (Å²) in [6, 6.07) is 11.6. The molecule has 0 radical (unpaired) electrons. The molecule has 170 valence electrons. The van der Waals surface area contributed by atoms with Crippen LogP contribution in [0.25, 0.3) is 16.9 Å². The van der Waals surface area contributed by atoms with Crippen LogP contribution in [0.15, 0.2) is 53.6 Å². The number of para-hydroxylation sites is 1. The van der Waals surface area contributed by atoms with Crippen molar-refractivity contribution >= 4 is 28.9 Å².